The van der Waals surface area contributed by atoms with Crippen molar-refractivity contribution in [3.63, 3.8) is 0 Å². The maximum atomic E-state index is 2.40. The summed E-state index contributed by atoms with van der Waals surface area (Å²) in [7, 11) is 0. The Morgan fingerprint density at radius 2 is 0.933 bits per heavy atom. The van der Waals surface area contributed by atoms with Crippen molar-refractivity contribution in [2.45, 2.75) is 33.1 Å². The smallest absolute Gasteiger partial charge is 0.00179 e. The zero-order chi connectivity index (χ0) is 30.4. The highest BCUT2D eigenvalue weighted by Gasteiger charge is 2.19. The van der Waals surface area contributed by atoms with Gasteiger partial charge in [-0.05, 0) is 129 Å². The Bertz CT molecular complexity index is 2610. The fraction of sp³-hybridized carbons (Fsp3) is 0.111. The maximum Gasteiger partial charge on any atom is -0.00179 e. The van der Waals surface area contributed by atoms with E-state index in [1.807, 2.05) is 0 Å². The molecule has 0 aliphatic rings. The molecule has 0 heteroatoms. The Morgan fingerprint density at radius 1 is 0.378 bits per heavy atom. The number of benzene rings is 9. The van der Waals surface area contributed by atoms with E-state index in [2.05, 4.69) is 161 Å². The van der Waals surface area contributed by atoms with Crippen LogP contribution in [0.1, 0.15) is 31.9 Å². The lowest BCUT2D eigenvalue weighted by Crippen LogP contribution is -2.10. The van der Waals surface area contributed by atoms with Gasteiger partial charge in [-0.15, -0.1) is 0 Å². The van der Waals surface area contributed by atoms with Gasteiger partial charge in [0.1, 0.15) is 0 Å². The summed E-state index contributed by atoms with van der Waals surface area (Å²) in [5.41, 5.74) is 7.93. The van der Waals surface area contributed by atoms with Crippen molar-refractivity contribution < 1.29 is 0 Å². The van der Waals surface area contributed by atoms with Crippen LogP contribution in [0.3, 0.4) is 0 Å². The zero-order valence-electron chi connectivity index (χ0n) is 26.2. The highest BCUT2D eigenvalue weighted by atomic mass is 14.2. The maximum absolute atomic E-state index is 2.40. The summed E-state index contributed by atoms with van der Waals surface area (Å²) in [6, 6.07) is 50.3. The topological polar surface area (TPSA) is 0 Å². The molecule has 0 radical (unpaired) electrons. The van der Waals surface area contributed by atoms with Gasteiger partial charge in [-0.25, -0.2) is 0 Å². The normalized spacial score (nSPS) is 12.4. The van der Waals surface area contributed by atoms with Gasteiger partial charge < -0.3 is 0 Å². The van der Waals surface area contributed by atoms with Crippen molar-refractivity contribution in [1.82, 2.24) is 0 Å². The molecule has 0 nitrogen and oxygen atoms in total. The molecule has 0 aliphatic heterocycles. The number of rotatable bonds is 2. The number of hydrogen-bond acceptors (Lipinski definition) is 0. The molecule has 45 heavy (non-hydrogen) atoms. The highest BCUT2D eigenvalue weighted by Crippen LogP contribution is 2.43. The van der Waals surface area contributed by atoms with Crippen molar-refractivity contribution in [2.75, 3.05) is 0 Å². The first-order valence-electron chi connectivity index (χ1n) is 16.0. The summed E-state index contributed by atoms with van der Waals surface area (Å²) in [4.78, 5) is 0. The van der Waals surface area contributed by atoms with Gasteiger partial charge in [-0.3, -0.25) is 0 Å². The Hall–Kier alpha value is -5.20. The van der Waals surface area contributed by atoms with E-state index in [0.717, 1.165) is 0 Å². The average molecular weight is 575 g/mol. The van der Waals surface area contributed by atoms with E-state index in [4.69, 9.17) is 0 Å². The molecule has 0 heterocycles. The summed E-state index contributed by atoms with van der Waals surface area (Å²) in [5.74, 6) is 0. The van der Waals surface area contributed by atoms with Gasteiger partial charge in [0.15, 0.2) is 0 Å². The van der Waals surface area contributed by atoms with Crippen LogP contribution in [0.2, 0.25) is 0 Å². The van der Waals surface area contributed by atoms with E-state index in [1.54, 1.807) is 0 Å². The minimum absolute atomic E-state index is 0.109. The zero-order valence-corrected chi connectivity index (χ0v) is 26.2. The van der Waals surface area contributed by atoms with Crippen molar-refractivity contribution in [3.05, 3.63) is 145 Å². The van der Waals surface area contributed by atoms with Crippen LogP contribution in [0.4, 0.5) is 0 Å². The molecule has 0 bridgehead atoms. The predicted octanol–water partition coefficient (Wildman–Crippen LogP) is 13.0. The second-order valence-corrected chi connectivity index (χ2v) is 13.9. The first-order chi connectivity index (χ1) is 21.8. The first kappa shape index (κ1) is 26.2. The minimum atomic E-state index is 0.109. The van der Waals surface area contributed by atoms with E-state index in [0.29, 0.717) is 0 Å². The first-order valence-corrected chi connectivity index (χ1v) is 16.0. The van der Waals surface area contributed by atoms with E-state index in [9.17, 15) is 0 Å². The second kappa shape index (κ2) is 9.40. The summed E-state index contributed by atoms with van der Waals surface area (Å²) in [6.45, 7) is 9.16. The fourth-order valence-electron chi connectivity index (χ4n) is 7.64. The van der Waals surface area contributed by atoms with E-state index >= 15 is 0 Å². The Balaban J connectivity index is 1.21. The second-order valence-electron chi connectivity index (χ2n) is 13.9. The third kappa shape index (κ3) is 3.99. The molecular weight excluding hydrogens is 540 g/mol. The minimum Gasteiger partial charge on any atom is -0.0616 e. The molecule has 214 valence electrons. The van der Waals surface area contributed by atoms with E-state index < -0.39 is 0 Å². The third-order valence-corrected chi connectivity index (χ3v) is 10.0. The van der Waals surface area contributed by atoms with Crippen LogP contribution in [0.25, 0.3) is 86.9 Å². The Kier molecular flexibility index (Phi) is 5.48. The molecule has 0 saturated heterocycles. The van der Waals surface area contributed by atoms with Crippen LogP contribution >= 0.6 is 0 Å². The average Bonchev–Trinajstić information content (AvgIpc) is 3.06. The van der Waals surface area contributed by atoms with Crippen molar-refractivity contribution in [2.24, 2.45) is 0 Å². The number of aryl methyl sites for hydroxylation is 1. The molecule has 0 aromatic heterocycles. The third-order valence-electron chi connectivity index (χ3n) is 10.0. The van der Waals surface area contributed by atoms with Crippen LogP contribution in [-0.4, -0.2) is 0 Å². The standard InChI is InChI=1S/C45H34/c1-27-21-41(40-20-18-34-25-35(45(2,3)4)24-33-17-19-36(27)44(40)43(33)34)31-15-13-29-23-32(16-14-28(29)22-31)42-26-30-9-5-6-10-37(30)38-11-7-8-12-39(38)42/h5-26H,1-4H3. The summed E-state index contributed by atoms with van der Waals surface area (Å²) in [5, 5.41) is 15.8. The molecule has 9 aromatic carbocycles. The quantitative estimate of drug-likeness (QED) is 0.180. The lowest BCUT2D eigenvalue weighted by Gasteiger charge is -2.22. The predicted molar refractivity (Wildman–Crippen MR) is 197 cm³/mol. The fourth-order valence-corrected chi connectivity index (χ4v) is 7.64. The van der Waals surface area contributed by atoms with Gasteiger partial charge in [0.25, 0.3) is 0 Å². The Morgan fingerprint density at radius 3 is 1.60 bits per heavy atom. The largest absolute Gasteiger partial charge is 0.0616 e. The van der Waals surface area contributed by atoms with Crippen molar-refractivity contribution in [3.8, 4) is 22.3 Å². The summed E-state index contributed by atoms with van der Waals surface area (Å²) in [6.07, 6.45) is 0. The van der Waals surface area contributed by atoms with Gasteiger partial charge in [-0.1, -0.05) is 136 Å². The van der Waals surface area contributed by atoms with Crippen LogP contribution < -0.4 is 0 Å². The van der Waals surface area contributed by atoms with E-state index in [-0.39, 0.29) is 5.41 Å². The number of fused-ring (bicyclic) bond motifs is 4. The summed E-state index contributed by atoms with van der Waals surface area (Å²) < 4.78 is 0. The molecule has 0 aliphatic carbocycles. The van der Waals surface area contributed by atoms with Crippen LogP contribution in [0.15, 0.2) is 133 Å². The van der Waals surface area contributed by atoms with Crippen LogP contribution in [0.5, 0.6) is 0 Å². The lowest BCUT2D eigenvalue weighted by atomic mass is 9.82. The lowest BCUT2D eigenvalue weighted by molar-refractivity contribution is 0.591. The van der Waals surface area contributed by atoms with Gasteiger partial charge in [-0.2, -0.15) is 0 Å². The highest BCUT2D eigenvalue weighted by molar-refractivity contribution is 6.26. The SMILES string of the molecule is Cc1cc(-c2ccc3cc(-c4cc5ccccc5c5ccccc45)ccc3c2)c2ccc3cc(C(C)(C)C)cc4ccc1c2c43. The van der Waals surface area contributed by atoms with Gasteiger partial charge >= 0.3 is 0 Å². The molecule has 0 N–H and O–H groups in total. The monoisotopic (exact) mass is 574 g/mol. The van der Waals surface area contributed by atoms with Gasteiger partial charge in [0.2, 0.25) is 0 Å². The summed E-state index contributed by atoms with van der Waals surface area (Å²) >= 11 is 0. The van der Waals surface area contributed by atoms with Crippen molar-refractivity contribution >= 4 is 64.6 Å². The van der Waals surface area contributed by atoms with Crippen LogP contribution in [0, 0.1) is 6.92 Å². The van der Waals surface area contributed by atoms with Gasteiger partial charge in [0.05, 0.1) is 0 Å². The van der Waals surface area contributed by atoms with Crippen molar-refractivity contribution in [1.29, 1.82) is 0 Å². The molecule has 9 aromatic rings. The Labute approximate surface area is 263 Å². The molecule has 9 rings (SSSR count). The molecule has 0 unspecified atom stereocenters. The molecule has 0 saturated carbocycles. The number of hydrogen-bond donors (Lipinski definition) is 0. The molecule has 0 fully saturated rings. The molecular formula is C45H34. The molecule has 0 amide bonds. The van der Waals surface area contributed by atoms with Gasteiger partial charge in [0, 0.05) is 0 Å². The molecule has 0 atom stereocenters. The van der Waals surface area contributed by atoms with E-state index in [1.165, 1.54) is 98.0 Å². The molecule has 0 spiro atoms. The van der Waals surface area contributed by atoms with Crippen LogP contribution in [-0.2, 0) is 5.41 Å².